The first-order valence-corrected chi connectivity index (χ1v) is 8.00. The van der Waals surface area contributed by atoms with Crippen LogP contribution in [0.4, 0.5) is 0 Å². The Bertz CT molecular complexity index is 348. The maximum atomic E-state index is 12.2. The third-order valence-electron chi connectivity index (χ3n) is 3.41. The molecule has 0 amide bonds. The molecular weight excluding hydrogens is 236 g/mol. The van der Waals surface area contributed by atoms with Gasteiger partial charge < -0.3 is 0 Å². The van der Waals surface area contributed by atoms with Gasteiger partial charge in [-0.05, 0) is 24.7 Å². The molecule has 5 heteroatoms. The van der Waals surface area contributed by atoms with E-state index in [1.807, 2.05) is 0 Å². The molecule has 0 aliphatic carbocycles. The van der Waals surface area contributed by atoms with Crippen LogP contribution in [0.2, 0.25) is 0 Å². The molecular formula is C12H24N2O2S. The van der Waals surface area contributed by atoms with Gasteiger partial charge in [0, 0.05) is 25.2 Å². The second-order valence-corrected chi connectivity index (χ2v) is 8.05. The van der Waals surface area contributed by atoms with Gasteiger partial charge in [-0.15, -0.1) is 0 Å². The van der Waals surface area contributed by atoms with E-state index in [2.05, 4.69) is 27.7 Å². The highest BCUT2D eigenvalue weighted by Crippen LogP contribution is 2.37. The summed E-state index contributed by atoms with van der Waals surface area (Å²) in [6.07, 6.45) is 1.98. The van der Waals surface area contributed by atoms with Gasteiger partial charge in [-0.2, -0.15) is 17.0 Å². The summed E-state index contributed by atoms with van der Waals surface area (Å²) in [4.78, 5) is 0. The Morgan fingerprint density at radius 1 is 0.941 bits per heavy atom. The Hall–Kier alpha value is -0.130. The Kier molecular flexibility index (Phi) is 3.54. The van der Waals surface area contributed by atoms with Gasteiger partial charge in [0.2, 0.25) is 0 Å². The maximum absolute atomic E-state index is 12.2. The summed E-state index contributed by atoms with van der Waals surface area (Å²) in [6, 6.07) is 0.528. The molecule has 2 saturated heterocycles. The molecule has 2 aliphatic heterocycles. The Labute approximate surface area is 105 Å². The summed E-state index contributed by atoms with van der Waals surface area (Å²) in [5.74, 6) is 1.14. The summed E-state index contributed by atoms with van der Waals surface area (Å²) in [5, 5.41) is 0. The molecule has 0 aromatic heterocycles. The Morgan fingerprint density at radius 2 is 1.29 bits per heavy atom. The van der Waals surface area contributed by atoms with E-state index in [0.29, 0.717) is 11.8 Å². The fourth-order valence-electron chi connectivity index (χ4n) is 2.49. The minimum atomic E-state index is -3.12. The molecule has 0 radical (unpaired) electrons. The summed E-state index contributed by atoms with van der Waals surface area (Å²) in [5.41, 5.74) is 0. The number of nitrogens with zero attached hydrogens (tertiary/aromatic N) is 2. The minimum absolute atomic E-state index is 0.264. The molecule has 2 rings (SSSR count). The monoisotopic (exact) mass is 260 g/mol. The lowest BCUT2D eigenvalue weighted by Gasteiger charge is -2.09. The molecule has 0 saturated carbocycles. The average Bonchev–Trinajstić information content (AvgIpc) is 2.98. The summed E-state index contributed by atoms with van der Waals surface area (Å²) >= 11 is 0. The summed E-state index contributed by atoms with van der Waals surface area (Å²) in [7, 11) is -3.12. The maximum Gasteiger partial charge on any atom is 0.282 e. The van der Waals surface area contributed by atoms with Crippen molar-refractivity contribution in [2.45, 2.75) is 52.6 Å². The molecule has 0 bridgehead atoms. The van der Waals surface area contributed by atoms with Crippen LogP contribution in [0, 0.1) is 11.8 Å². The van der Waals surface area contributed by atoms with Gasteiger partial charge in [-0.1, -0.05) is 27.7 Å². The van der Waals surface area contributed by atoms with E-state index in [0.717, 1.165) is 25.9 Å². The van der Waals surface area contributed by atoms with Gasteiger partial charge in [-0.25, -0.2) is 0 Å². The van der Waals surface area contributed by atoms with Crippen LogP contribution in [-0.2, 0) is 10.2 Å². The number of rotatable bonds is 6. The standard InChI is InChI=1S/C12H24N2O2S/c1-9(2)5-11-7-13(11)17(15,16)14-8-12(14)6-10(3)4/h9-12H,5-8H2,1-4H3/t11-,12-,13?,14?/m0/s1. The molecule has 17 heavy (non-hydrogen) atoms. The van der Waals surface area contributed by atoms with Crippen molar-refractivity contribution in [1.82, 2.24) is 8.61 Å². The van der Waals surface area contributed by atoms with Crippen molar-refractivity contribution in [3.63, 3.8) is 0 Å². The highest BCUT2D eigenvalue weighted by molar-refractivity contribution is 7.87. The second-order valence-electron chi connectivity index (χ2n) is 6.21. The van der Waals surface area contributed by atoms with Gasteiger partial charge >= 0.3 is 0 Å². The van der Waals surface area contributed by atoms with Crippen molar-refractivity contribution in [2.24, 2.45) is 11.8 Å². The lowest BCUT2D eigenvalue weighted by molar-refractivity contribution is 0.473. The van der Waals surface area contributed by atoms with E-state index >= 15 is 0 Å². The highest BCUT2D eigenvalue weighted by atomic mass is 32.2. The number of hydrogen-bond donors (Lipinski definition) is 0. The molecule has 2 heterocycles. The SMILES string of the molecule is CC(C)C[C@H]1CN1S(=O)(=O)N1C[C@@H]1CC(C)C. The van der Waals surface area contributed by atoms with Crippen LogP contribution in [0.25, 0.3) is 0 Å². The van der Waals surface area contributed by atoms with Crippen LogP contribution in [0.1, 0.15) is 40.5 Å². The molecule has 0 spiro atoms. The van der Waals surface area contributed by atoms with E-state index in [1.54, 1.807) is 8.61 Å². The fourth-order valence-corrected chi connectivity index (χ4v) is 4.41. The molecule has 2 fully saturated rings. The minimum Gasteiger partial charge on any atom is -0.195 e. The predicted octanol–water partition coefficient (Wildman–Crippen LogP) is 1.69. The van der Waals surface area contributed by atoms with Crippen molar-refractivity contribution >= 4 is 10.2 Å². The van der Waals surface area contributed by atoms with Crippen LogP contribution >= 0.6 is 0 Å². The van der Waals surface area contributed by atoms with E-state index in [4.69, 9.17) is 0 Å². The van der Waals surface area contributed by atoms with Crippen molar-refractivity contribution < 1.29 is 8.42 Å². The topological polar surface area (TPSA) is 40.2 Å². The Morgan fingerprint density at radius 3 is 1.59 bits per heavy atom. The first-order valence-electron chi connectivity index (χ1n) is 6.61. The zero-order valence-electron chi connectivity index (χ0n) is 11.3. The predicted molar refractivity (Wildman–Crippen MR) is 68.8 cm³/mol. The zero-order chi connectivity index (χ0) is 12.8. The van der Waals surface area contributed by atoms with Crippen molar-refractivity contribution in [3.8, 4) is 0 Å². The van der Waals surface area contributed by atoms with Gasteiger partial charge in [-0.3, -0.25) is 0 Å². The van der Waals surface area contributed by atoms with E-state index in [1.165, 1.54) is 0 Å². The quantitative estimate of drug-likeness (QED) is 0.682. The molecule has 2 aliphatic rings. The van der Waals surface area contributed by atoms with E-state index < -0.39 is 10.2 Å². The normalized spacial score (nSPS) is 36.6. The van der Waals surface area contributed by atoms with Crippen LogP contribution in [0.5, 0.6) is 0 Å². The van der Waals surface area contributed by atoms with Crippen molar-refractivity contribution in [3.05, 3.63) is 0 Å². The van der Waals surface area contributed by atoms with E-state index in [-0.39, 0.29) is 12.1 Å². The molecule has 4 atom stereocenters. The van der Waals surface area contributed by atoms with Gasteiger partial charge in [0.15, 0.2) is 0 Å². The molecule has 4 nitrogen and oxygen atoms in total. The summed E-state index contributed by atoms with van der Waals surface area (Å²) < 4.78 is 27.7. The fraction of sp³-hybridized carbons (Fsp3) is 1.00. The average molecular weight is 260 g/mol. The molecule has 0 aromatic carbocycles. The Balaban J connectivity index is 1.86. The summed E-state index contributed by atoms with van der Waals surface area (Å²) in [6.45, 7) is 10.0. The van der Waals surface area contributed by atoms with Crippen LogP contribution in [0.3, 0.4) is 0 Å². The van der Waals surface area contributed by atoms with Crippen LogP contribution in [0.15, 0.2) is 0 Å². The molecule has 2 unspecified atom stereocenters. The first kappa shape index (κ1) is 13.3. The van der Waals surface area contributed by atoms with Crippen LogP contribution < -0.4 is 0 Å². The van der Waals surface area contributed by atoms with Gasteiger partial charge in [0.1, 0.15) is 0 Å². The van der Waals surface area contributed by atoms with Crippen LogP contribution in [-0.4, -0.2) is 42.2 Å². The third kappa shape index (κ3) is 3.01. The lowest BCUT2D eigenvalue weighted by Crippen LogP contribution is -2.24. The van der Waals surface area contributed by atoms with Gasteiger partial charge in [0.25, 0.3) is 10.2 Å². The molecule has 0 aromatic rings. The first-order chi connectivity index (χ1) is 7.82. The molecule has 100 valence electrons. The highest BCUT2D eigenvalue weighted by Gasteiger charge is 2.53. The smallest absolute Gasteiger partial charge is 0.195 e. The largest absolute Gasteiger partial charge is 0.282 e. The van der Waals surface area contributed by atoms with Gasteiger partial charge in [0.05, 0.1) is 0 Å². The zero-order valence-corrected chi connectivity index (χ0v) is 12.1. The number of hydrogen-bond acceptors (Lipinski definition) is 2. The van der Waals surface area contributed by atoms with Crippen molar-refractivity contribution in [2.75, 3.05) is 13.1 Å². The van der Waals surface area contributed by atoms with Crippen molar-refractivity contribution in [1.29, 1.82) is 0 Å². The van der Waals surface area contributed by atoms with E-state index in [9.17, 15) is 8.42 Å². The second kappa shape index (κ2) is 4.52. The third-order valence-corrected chi connectivity index (χ3v) is 5.49. The lowest BCUT2D eigenvalue weighted by atomic mass is 10.1. The molecule has 0 N–H and O–H groups in total.